The zero-order valence-corrected chi connectivity index (χ0v) is 9.82. The van der Waals surface area contributed by atoms with Gasteiger partial charge in [0.2, 0.25) is 0 Å². The van der Waals surface area contributed by atoms with E-state index in [4.69, 9.17) is 0 Å². The number of fused-ring (bicyclic) bond motifs is 1. The summed E-state index contributed by atoms with van der Waals surface area (Å²) in [7, 11) is 0. The first-order chi connectivity index (χ1) is 8.79. The molecule has 2 bridgehead atoms. The van der Waals surface area contributed by atoms with Crippen LogP contribution in [-0.4, -0.2) is 22.4 Å². The summed E-state index contributed by atoms with van der Waals surface area (Å²) in [6, 6.07) is 16.3. The molecule has 2 aromatic carbocycles. The Balaban J connectivity index is 2.06. The predicted molar refractivity (Wildman–Crippen MR) is 68.6 cm³/mol. The number of benzene rings is 2. The van der Waals surface area contributed by atoms with E-state index < -0.39 is 12.2 Å². The molecule has 2 unspecified atom stereocenters. The van der Waals surface area contributed by atoms with Gasteiger partial charge in [-0.2, -0.15) is 0 Å². The lowest BCUT2D eigenvalue weighted by Crippen LogP contribution is -2.47. The van der Waals surface area contributed by atoms with Gasteiger partial charge >= 0.3 is 0 Å². The van der Waals surface area contributed by atoms with Crippen molar-refractivity contribution in [3.63, 3.8) is 0 Å². The lowest BCUT2D eigenvalue weighted by molar-refractivity contribution is -0.0154. The van der Waals surface area contributed by atoms with Crippen LogP contribution in [0.5, 0.6) is 0 Å². The van der Waals surface area contributed by atoms with E-state index in [1.54, 1.807) is 0 Å². The molecule has 0 saturated carbocycles. The van der Waals surface area contributed by atoms with Crippen molar-refractivity contribution in [1.29, 1.82) is 0 Å². The second kappa shape index (κ2) is 3.44. The molecule has 2 N–H and O–H groups in total. The van der Waals surface area contributed by atoms with Crippen LogP contribution >= 0.6 is 0 Å². The molecule has 90 valence electrons. The first-order valence-electron chi connectivity index (χ1n) is 6.33. The van der Waals surface area contributed by atoms with Crippen molar-refractivity contribution in [3.05, 3.63) is 70.8 Å². The summed E-state index contributed by atoms with van der Waals surface area (Å²) < 4.78 is 0. The Kier molecular flexibility index (Phi) is 1.97. The van der Waals surface area contributed by atoms with Crippen LogP contribution in [0.15, 0.2) is 48.5 Å². The Labute approximate surface area is 106 Å². The van der Waals surface area contributed by atoms with Gasteiger partial charge in [0, 0.05) is 11.8 Å². The van der Waals surface area contributed by atoms with Gasteiger partial charge in [-0.25, -0.2) is 0 Å². The average Bonchev–Trinajstić information content (AvgIpc) is 2.42. The second-order valence-corrected chi connectivity index (χ2v) is 5.19. The van der Waals surface area contributed by atoms with Crippen LogP contribution in [-0.2, 0) is 0 Å². The van der Waals surface area contributed by atoms with E-state index in [0.29, 0.717) is 0 Å². The monoisotopic (exact) mass is 238 g/mol. The first-order valence-corrected chi connectivity index (χ1v) is 6.33. The largest absolute Gasteiger partial charge is 0.389 e. The van der Waals surface area contributed by atoms with E-state index in [9.17, 15) is 10.2 Å². The molecule has 2 atom stereocenters. The SMILES string of the molecule is OC1C2c3ccccc3C(c3ccccc32)C1O. The van der Waals surface area contributed by atoms with E-state index in [2.05, 4.69) is 24.3 Å². The third-order valence-corrected chi connectivity index (χ3v) is 4.37. The fourth-order valence-electron chi connectivity index (χ4n) is 3.62. The molecule has 2 aromatic rings. The normalized spacial score (nSPS) is 31.9. The van der Waals surface area contributed by atoms with Gasteiger partial charge in [-0.15, -0.1) is 0 Å². The van der Waals surface area contributed by atoms with Gasteiger partial charge in [-0.3, -0.25) is 0 Å². The van der Waals surface area contributed by atoms with Gasteiger partial charge < -0.3 is 10.2 Å². The summed E-state index contributed by atoms with van der Waals surface area (Å²) >= 11 is 0. The maximum absolute atomic E-state index is 10.3. The Bertz CT molecular complexity index is 518. The lowest BCUT2D eigenvalue weighted by atomic mass is 9.61. The van der Waals surface area contributed by atoms with Gasteiger partial charge in [0.25, 0.3) is 0 Å². The second-order valence-electron chi connectivity index (χ2n) is 5.19. The molecule has 0 amide bonds. The van der Waals surface area contributed by atoms with E-state index in [-0.39, 0.29) is 11.8 Å². The Morgan fingerprint density at radius 1 is 0.556 bits per heavy atom. The highest BCUT2D eigenvalue weighted by atomic mass is 16.3. The maximum atomic E-state index is 10.3. The molecule has 0 aromatic heterocycles. The molecule has 0 heterocycles. The van der Waals surface area contributed by atoms with Crippen LogP contribution in [0, 0.1) is 0 Å². The lowest BCUT2D eigenvalue weighted by Gasteiger charge is -2.46. The summed E-state index contributed by atoms with van der Waals surface area (Å²) in [5, 5.41) is 20.6. The van der Waals surface area contributed by atoms with E-state index in [0.717, 1.165) is 0 Å². The van der Waals surface area contributed by atoms with Crippen molar-refractivity contribution in [2.45, 2.75) is 24.0 Å². The smallest absolute Gasteiger partial charge is 0.0917 e. The Morgan fingerprint density at radius 3 is 1.11 bits per heavy atom. The van der Waals surface area contributed by atoms with E-state index in [1.807, 2.05) is 24.3 Å². The summed E-state index contributed by atoms with van der Waals surface area (Å²) in [5.41, 5.74) is 4.66. The van der Waals surface area contributed by atoms with Crippen LogP contribution in [0.2, 0.25) is 0 Å². The van der Waals surface area contributed by atoms with Crippen molar-refractivity contribution >= 4 is 0 Å². The highest BCUT2D eigenvalue weighted by Gasteiger charge is 2.48. The molecule has 18 heavy (non-hydrogen) atoms. The topological polar surface area (TPSA) is 40.5 Å². The van der Waals surface area contributed by atoms with Gasteiger partial charge in [0.15, 0.2) is 0 Å². The van der Waals surface area contributed by atoms with Gasteiger partial charge in [0.1, 0.15) is 0 Å². The predicted octanol–water partition coefficient (Wildman–Crippen LogP) is 2.00. The van der Waals surface area contributed by atoms with Crippen LogP contribution in [0.4, 0.5) is 0 Å². The summed E-state index contributed by atoms with van der Waals surface area (Å²) in [5.74, 6) is -0.171. The highest BCUT2D eigenvalue weighted by Crippen LogP contribution is 2.52. The number of hydrogen-bond donors (Lipinski definition) is 2. The molecule has 0 radical (unpaired) electrons. The van der Waals surface area contributed by atoms with Crippen molar-refractivity contribution in [2.75, 3.05) is 0 Å². The van der Waals surface area contributed by atoms with Crippen LogP contribution in [0.1, 0.15) is 34.1 Å². The minimum Gasteiger partial charge on any atom is -0.389 e. The van der Waals surface area contributed by atoms with Crippen molar-refractivity contribution in [1.82, 2.24) is 0 Å². The number of hydrogen-bond acceptors (Lipinski definition) is 2. The van der Waals surface area contributed by atoms with Crippen molar-refractivity contribution < 1.29 is 10.2 Å². The molecular weight excluding hydrogens is 224 g/mol. The van der Waals surface area contributed by atoms with Gasteiger partial charge in [-0.1, -0.05) is 48.5 Å². The van der Waals surface area contributed by atoms with Crippen molar-refractivity contribution in [3.8, 4) is 0 Å². The summed E-state index contributed by atoms with van der Waals surface area (Å²) in [6.45, 7) is 0. The van der Waals surface area contributed by atoms with Crippen LogP contribution in [0.25, 0.3) is 0 Å². The minimum absolute atomic E-state index is 0.0857. The standard InChI is InChI=1S/C16H14O2/c17-15-13-9-5-1-2-6-10(9)14(16(15)18)12-8-4-3-7-11(12)13/h1-8,13-18H. The molecule has 5 rings (SSSR count). The molecule has 0 aliphatic heterocycles. The molecule has 0 fully saturated rings. The number of rotatable bonds is 0. The quantitative estimate of drug-likeness (QED) is 0.737. The molecule has 2 nitrogen and oxygen atoms in total. The zero-order chi connectivity index (χ0) is 12.3. The van der Waals surface area contributed by atoms with Crippen LogP contribution in [0.3, 0.4) is 0 Å². The molecule has 2 heteroatoms. The number of aliphatic hydroxyl groups excluding tert-OH is 2. The van der Waals surface area contributed by atoms with Gasteiger partial charge in [0.05, 0.1) is 12.2 Å². The third-order valence-electron chi connectivity index (χ3n) is 4.37. The van der Waals surface area contributed by atoms with E-state index in [1.165, 1.54) is 22.3 Å². The Morgan fingerprint density at radius 2 is 0.833 bits per heavy atom. The molecule has 0 spiro atoms. The highest BCUT2D eigenvalue weighted by molar-refractivity contribution is 5.57. The molecule has 3 aliphatic rings. The molecule has 3 aliphatic carbocycles. The maximum Gasteiger partial charge on any atom is 0.0917 e. The molecular formula is C16H14O2. The zero-order valence-electron chi connectivity index (χ0n) is 9.82. The number of aliphatic hydroxyl groups is 2. The first kappa shape index (κ1) is 10.3. The molecule has 0 saturated heterocycles. The third kappa shape index (κ3) is 1.10. The average molecular weight is 238 g/mol. The Hall–Kier alpha value is -1.64. The van der Waals surface area contributed by atoms with Crippen LogP contribution < -0.4 is 0 Å². The minimum atomic E-state index is -0.695. The van der Waals surface area contributed by atoms with E-state index >= 15 is 0 Å². The summed E-state index contributed by atoms with van der Waals surface area (Å²) in [4.78, 5) is 0. The fraction of sp³-hybridized carbons (Fsp3) is 0.250. The van der Waals surface area contributed by atoms with Crippen molar-refractivity contribution in [2.24, 2.45) is 0 Å². The van der Waals surface area contributed by atoms with Gasteiger partial charge in [-0.05, 0) is 22.3 Å². The fourth-order valence-corrected chi connectivity index (χ4v) is 3.62. The summed E-state index contributed by atoms with van der Waals surface area (Å²) in [6.07, 6.45) is -1.39.